The summed E-state index contributed by atoms with van der Waals surface area (Å²) in [5.74, 6) is -0.160. The first-order chi connectivity index (χ1) is 8.12. The summed E-state index contributed by atoms with van der Waals surface area (Å²) >= 11 is 0. The van der Waals surface area contributed by atoms with Crippen LogP contribution < -0.4 is 10.1 Å². The maximum Gasteiger partial charge on any atom is 0.221 e. The van der Waals surface area contributed by atoms with Crippen LogP contribution in [0, 0.1) is 0 Å². The fraction of sp³-hybridized carbons (Fsp3) is 0.300. The van der Waals surface area contributed by atoms with Gasteiger partial charge in [0, 0.05) is 16.7 Å². The molecular weight excluding hydrogens is 166 g/mol. The molecule has 0 aliphatic rings. The number of benzene rings is 1. The molecule has 0 heterocycles. The van der Waals surface area contributed by atoms with Gasteiger partial charge in [-0.1, -0.05) is 0 Å². The van der Waals surface area contributed by atoms with Gasteiger partial charge in [0.05, 0.1) is 9.30 Å². The second-order valence-corrected chi connectivity index (χ2v) is 2.41. The van der Waals surface area contributed by atoms with Crippen molar-refractivity contribution in [1.82, 2.24) is 0 Å². The third kappa shape index (κ3) is 3.15. The molecule has 1 aromatic rings. The van der Waals surface area contributed by atoms with E-state index >= 15 is 0 Å². The van der Waals surface area contributed by atoms with E-state index < -0.39 is 13.4 Å². The van der Waals surface area contributed by atoms with E-state index in [1.807, 2.05) is 0 Å². The Morgan fingerprint density at radius 1 is 1.62 bits per heavy atom. The molecule has 0 radical (unpaired) electrons. The van der Waals surface area contributed by atoms with Gasteiger partial charge in [-0.3, -0.25) is 4.79 Å². The average Bonchev–Trinajstić information content (AvgIpc) is 2.18. The van der Waals surface area contributed by atoms with Crippen molar-refractivity contribution in [3.63, 3.8) is 0 Å². The van der Waals surface area contributed by atoms with E-state index in [-0.39, 0.29) is 11.7 Å². The van der Waals surface area contributed by atoms with Crippen LogP contribution in [-0.4, -0.2) is 12.5 Å². The van der Waals surface area contributed by atoms with Crippen LogP contribution >= 0.6 is 0 Å². The minimum Gasteiger partial charge on any atom is -0.494 e. The molecule has 0 unspecified atom stereocenters. The van der Waals surface area contributed by atoms with E-state index in [0.717, 1.165) is 0 Å². The average molecular weight is 184 g/mol. The highest BCUT2D eigenvalue weighted by Gasteiger charge is 1.95. The van der Waals surface area contributed by atoms with Gasteiger partial charge in [-0.05, 0) is 31.1 Å². The first kappa shape index (κ1) is 4.65. The third-order valence-corrected chi connectivity index (χ3v) is 1.34. The van der Waals surface area contributed by atoms with E-state index in [4.69, 9.17) is 11.6 Å². The SMILES string of the molecule is [2H]C([2H])([2H])C([2H])([2H])Oc1ccc(NC(C)=O)cc1. The van der Waals surface area contributed by atoms with Gasteiger partial charge in [0.2, 0.25) is 5.91 Å². The smallest absolute Gasteiger partial charge is 0.221 e. The van der Waals surface area contributed by atoms with E-state index in [1.54, 1.807) is 0 Å². The minimum atomic E-state index is -2.87. The first-order valence-electron chi connectivity index (χ1n) is 6.18. The summed E-state index contributed by atoms with van der Waals surface area (Å²) in [4.78, 5) is 10.8. The molecule has 70 valence electrons. The second kappa shape index (κ2) is 4.50. The Bertz CT molecular complexity index is 427. The molecule has 1 N–H and O–H groups in total. The van der Waals surface area contributed by atoms with E-state index in [1.165, 1.54) is 31.2 Å². The van der Waals surface area contributed by atoms with Crippen molar-refractivity contribution in [1.29, 1.82) is 0 Å². The molecule has 1 rings (SSSR count). The number of carbonyl (C=O) groups is 1. The molecule has 13 heavy (non-hydrogen) atoms. The molecule has 0 bridgehead atoms. The lowest BCUT2D eigenvalue weighted by atomic mass is 10.3. The van der Waals surface area contributed by atoms with Crippen molar-refractivity contribution >= 4 is 11.6 Å². The molecule has 3 heteroatoms. The van der Waals surface area contributed by atoms with Gasteiger partial charge in [-0.25, -0.2) is 0 Å². The highest BCUT2D eigenvalue weighted by atomic mass is 16.5. The predicted molar refractivity (Wildman–Crippen MR) is 51.9 cm³/mol. The van der Waals surface area contributed by atoms with Crippen LogP contribution in [0.2, 0.25) is 0 Å². The molecule has 3 nitrogen and oxygen atoms in total. The highest BCUT2D eigenvalue weighted by Crippen LogP contribution is 2.15. The minimum absolute atomic E-state index is 0.0743. The highest BCUT2D eigenvalue weighted by molar-refractivity contribution is 5.88. The number of nitrogens with one attached hydrogen (secondary N) is 1. The zero-order valence-corrected chi connectivity index (χ0v) is 7.13. The number of ether oxygens (including phenoxy) is 1. The largest absolute Gasteiger partial charge is 0.494 e. The molecule has 0 saturated heterocycles. The van der Waals surface area contributed by atoms with Crippen LogP contribution in [0.3, 0.4) is 0 Å². The molecule has 0 aromatic heterocycles. The Morgan fingerprint density at radius 3 is 2.85 bits per heavy atom. The van der Waals surface area contributed by atoms with Crippen molar-refractivity contribution in [2.45, 2.75) is 13.8 Å². The van der Waals surface area contributed by atoms with Gasteiger partial charge in [0.1, 0.15) is 5.75 Å². The van der Waals surface area contributed by atoms with Gasteiger partial charge in [-0.2, -0.15) is 0 Å². The number of carbonyl (C=O) groups excluding carboxylic acids is 1. The van der Waals surface area contributed by atoms with Crippen LogP contribution in [-0.2, 0) is 4.79 Å². The van der Waals surface area contributed by atoms with Crippen LogP contribution in [0.4, 0.5) is 5.69 Å². The Kier molecular flexibility index (Phi) is 1.61. The number of amides is 1. The summed E-state index contributed by atoms with van der Waals surface area (Å²) in [5, 5.41) is 2.53. The molecule has 1 aromatic carbocycles. The monoisotopic (exact) mass is 184 g/mol. The standard InChI is InChI=1S/C10H13NO2/c1-3-13-10-6-4-9(5-7-10)11-8(2)12/h4-7H,3H2,1-2H3,(H,11,12)/i1D3,3D2. The number of anilines is 1. The molecule has 0 spiro atoms. The summed E-state index contributed by atoms with van der Waals surface area (Å²) in [5.41, 5.74) is 0.518. The molecule has 0 fully saturated rings. The molecule has 0 aliphatic carbocycles. The Morgan fingerprint density at radius 2 is 2.31 bits per heavy atom. The lowest BCUT2D eigenvalue weighted by molar-refractivity contribution is -0.114. The molecule has 0 saturated carbocycles. The second-order valence-electron chi connectivity index (χ2n) is 2.41. The summed E-state index contributed by atoms with van der Waals surface area (Å²) in [6, 6.07) is 5.75. The maximum atomic E-state index is 10.8. The van der Waals surface area contributed by atoms with Gasteiger partial charge in [0.25, 0.3) is 0 Å². The Labute approximate surface area is 84.7 Å². The normalized spacial score (nSPS) is 17.2. The van der Waals surface area contributed by atoms with Gasteiger partial charge in [-0.15, -0.1) is 0 Å². The van der Waals surface area contributed by atoms with Gasteiger partial charge < -0.3 is 10.1 Å². The van der Waals surface area contributed by atoms with E-state index in [0.29, 0.717) is 5.69 Å². The van der Waals surface area contributed by atoms with Crippen LogP contribution in [0.25, 0.3) is 0 Å². The molecule has 0 aliphatic heterocycles. The Hall–Kier alpha value is -1.51. The summed E-state index contributed by atoms with van der Waals surface area (Å²) < 4.78 is 40.4. The van der Waals surface area contributed by atoms with Crippen LogP contribution in [0.15, 0.2) is 24.3 Å². The number of hydrogen-bond acceptors (Lipinski definition) is 2. The van der Waals surface area contributed by atoms with E-state index in [2.05, 4.69) is 5.32 Å². The van der Waals surface area contributed by atoms with E-state index in [9.17, 15) is 4.79 Å². The van der Waals surface area contributed by atoms with Crippen molar-refractivity contribution in [3.05, 3.63) is 24.3 Å². The van der Waals surface area contributed by atoms with Crippen LogP contribution in [0.1, 0.15) is 20.6 Å². The first-order valence-corrected chi connectivity index (χ1v) is 3.68. The number of rotatable bonds is 3. The predicted octanol–water partition coefficient (Wildman–Crippen LogP) is 2.04. The fourth-order valence-electron chi connectivity index (χ4n) is 0.868. The van der Waals surface area contributed by atoms with Crippen LogP contribution in [0.5, 0.6) is 5.75 Å². The van der Waals surface area contributed by atoms with Crippen molar-refractivity contribution in [3.8, 4) is 5.75 Å². The fourth-order valence-corrected chi connectivity index (χ4v) is 0.868. The lowest BCUT2D eigenvalue weighted by Gasteiger charge is -2.04. The zero-order chi connectivity index (χ0) is 14.0. The topological polar surface area (TPSA) is 38.3 Å². The van der Waals surface area contributed by atoms with Gasteiger partial charge in [0.15, 0.2) is 0 Å². The van der Waals surface area contributed by atoms with Crippen molar-refractivity contribution in [2.75, 3.05) is 11.9 Å². The summed E-state index contributed by atoms with van der Waals surface area (Å²) in [7, 11) is 0. The van der Waals surface area contributed by atoms with Gasteiger partial charge >= 0.3 is 0 Å². The van der Waals surface area contributed by atoms with Crippen molar-refractivity contribution < 1.29 is 16.4 Å². The Balaban J connectivity index is 2.78. The molecule has 0 atom stereocenters. The number of hydrogen-bond donors (Lipinski definition) is 1. The quantitative estimate of drug-likeness (QED) is 0.780. The lowest BCUT2D eigenvalue weighted by Crippen LogP contribution is -2.05. The zero-order valence-electron chi connectivity index (χ0n) is 12.1. The van der Waals surface area contributed by atoms with Crippen molar-refractivity contribution in [2.24, 2.45) is 0 Å². The molecular formula is C10H13NO2. The maximum absolute atomic E-state index is 10.8. The molecule has 1 amide bonds. The summed E-state index contributed by atoms with van der Waals surface area (Å²) in [6.07, 6.45) is 0. The summed E-state index contributed by atoms with van der Waals surface area (Å²) in [6.45, 7) is -4.27. The third-order valence-electron chi connectivity index (χ3n) is 1.34.